The van der Waals surface area contributed by atoms with Gasteiger partial charge in [-0.3, -0.25) is 9.69 Å². The van der Waals surface area contributed by atoms with Crippen LogP contribution in [0.25, 0.3) is 0 Å². The number of piperazine rings is 1. The molecule has 0 bridgehead atoms. The van der Waals surface area contributed by atoms with Crippen LogP contribution in [-0.4, -0.2) is 91.7 Å². The van der Waals surface area contributed by atoms with Crippen molar-refractivity contribution in [1.82, 2.24) is 20.0 Å². The maximum atomic E-state index is 12.2. The fourth-order valence-corrected chi connectivity index (χ4v) is 2.73. The van der Waals surface area contributed by atoms with Crippen LogP contribution in [0.3, 0.4) is 0 Å². The van der Waals surface area contributed by atoms with Crippen LogP contribution in [0, 0.1) is 0 Å². The Morgan fingerprint density at radius 2 is 1.59 bits per heavy atom. The van der Waals surface area contributed by atoms with Gasteiger partial charge in [-0.1, -0.05) is 0 Å². The molecule has 7 nitrogen and oxygen atoms in total. The minimum absolute atomic E-state index is 0.0320. The maximum Gasteiger partial charge on any atom is 0.317 e. The number of rotatable bonds is 4. The zero-order valence-electron chi connectivity index (χ0n) is 13.7. The standard InChI is InChI=1S/C15H28N4O3/c1-13(2)16-15(21)19-7-5-18(6-8-19)14(20)3-4-17-9-11-22-12-10-17/h13H,3-12H2,1-2H3,(H,16,21). The zero-order valence-corrected chi connectivity index (χ0v) is 13.7. The first-order valence-corrected chi connectivity index (χ1v) is 8.19. The molecule has 3 amide bonds. The molecule has 0 saturated carbocycles. The van der Waals surface area contributed by atoms with Crippen LogP contribution in [-0.2, 0) is 9.53 Å². The van der Waals surface area contributed by atoms with E-state index >= 15 is 0 Å². The van der Waals surface area contributed by atoms with Gasteiger partial charge in [0, 0.05) is 58.3 Å². The Labute approximate surface area is 132 Å². The second-order valence-corrected chi connectivity index (χ2v) is 6.18. The lowest BCUT2D eigenvalue weighted by molar-refractivity contribution is -0.133. The fraction of sp³-hybridized carbons (Fsp3) is 0.867. The summed E-state index contributed by atoms with van der Waals surface area (Å²) in [6, 6.07) is 0.107. The first-order chi connectivity index (χ1) is 10.6. The van der Waals surface area contributed by atoms with Crippen molar-refractivity contribution in [1.29, 1.82) is 0 Å². The van der Waals surface area contributed by atoms with E-state index in [2.05, 4.69) is 10.2 Å². The van der Waals surface area contributed by atoms with Gasteiger partial charge in [0.05, 0.1) is 13.2 Å². The summed E-state index contributed by atoms with van der Waals surface area (Å²) in [5.41, 5.74) is 0. The number of morpholine rings is 1. The van der Waals surface area contributed by atoms with Gasteiger partial charge in [-0.25, -0.2) is 4.79 Å². The molecule has 1 N–H and O–H groups in total. The summed E-state index contributed by atoms with van der Waals surface area (Å²) >= 11 is 0. The second-order valence-electron chi connectivity index (χ2n) is 6.18. The molecule has 0 radical (unpaired) electrons. The molecule has 126 valence electrons. The number of carbonyl (C=O) groups excluding carboxylic acids is 2. The molecule has 2 aliphatic heterocycles. The van der Waals surface area contributed by atoms with Gasteiger partial charge in [-0.05, 0) is 13.8 Å². The van der Waals surface area contributed by atoms with Crippen LogP contribution >= 0.6 is 0 Å². The minimum Gasteiger partial charge on any atom is -0.379 e. The smallest absolute Gasteiger partial charge is 0.317 e. The minimum atomic E-state index is -0.0320. The topological polar surface area (TPSA) is 65.1 Å². The third-order valence-electron chi connectivity index (χ3n) is 4.08. The molecule has 0 atom stereocenters. The third kappa shape index (κ3) is 5.14. The Morgan fingerprint density at radius 1 is 1.00 bits per heavy atom. The molecular formula is C15H28N4O3. The number of hydrogen-bond donors (Lipinski definition) is 1. The van der Waals surface area contributed by atoms with E-state index in [0.717, 1.165) is 32.8 Å². The first-order valence-electron chi connectivity index (χ1n) is 8.19. The van der Waals surface area contributed by atoms with Crippen molar-refractivity contribution >= 4 is 11.9 Å². The molecule has 0 aliphatic carbocycles. The number of nitrogens with zero attached hydrogens (tertiary/aromatic N) is 3. The van der Waals surface area contributed by atoms with Crippen LogP contribution < -0.4 is 5.32 Å². The van der Waals surface area contributed by atoms with E-state index in [0.29, 0.717) is 32.6 Å². The lowest BCUT2D eigenvalue weighted by Crippen LogP contribution is -2.54. The van der Waals surface area contributed by atoms with Gasteiger partial charge in [0.15, 0.2) is 0 Å². The van der Waals surface area contributed by atoms with Gasteiger partial charge in [0.2, 0.25) is 5.91 Å². The lowest BCUT2D eigenvalue weighted by atomic mass is 10.2. The van der Waals surface area contributed by atoms with Crippen LogP contribution in [0.15, 0.2) is 0 Å². The van der Waals surface area contributed by atoms with Crippen LogP contribution in [0.2, 0.25) is 0 Å². The summed E-state index contributed by atoms with van der Waals surface area (Å²) in [4.78, 5) is 30.1. The number of ether oxygens (including phenoxy) is 1. The molecule has 2 saturated heterocycles. The van der Waals surface area contributed by atoms with E-state index in [9.17, 15) is 9.59 Å². The van der Waals surface area contributed by atoms with Gasteiger partial charge in [-0.15, -0.1) is 0 Å². The van der Waals surface area contributed by atoms with E-state index in [4.69, 9.17) is 4.74 Å². The highest BCUT2D eigenvalue weighted by molar-refractivity contribution is 5.78. The molecule has 7 heteroatoms. The van der Waals surface area contributed by atoms with Crippen molar-refractivity contribution in [3.05, 3.63) is 0 Å². The average molecular weight is 312 g/mol. The van der Waals surface area contributed by atoms with Crippen molar-refractivity contribution < 1.29 is 14.3 Å². The Balaban J connectivity index is 1.67. The van der Waals surface area contributed by atoms with E-state index in [1.807, 2.05) is 18.7 Å². The second kappa shape index (κ2) is 8.33. The van der Waals surface area contributed by atoms with E-state index < -0.39 is 0 Å². The molecule has 22 heavy (non-hydrogen) atoms. The van der Waals surface area contributed by atoms with Crippen LogP contribution in [0.1, 0.15) is 20.3 Å². The normalized spacial score (nSPS) is 20.3. The Hall–Kier alpha value is -1.34. The predicted octanol–water partition coefficient (Wildman–Crippen LogP) is -0.0291. The molecule has 2 rings (SSSR count). The average Bonchev–Trinajstić information content (AvgIpc) is 2.53. The van der Waals surface area contributed by atoms with E-state index in [-0.39, 0.29) is 18.0 Å². The molecule has 2 heterocycles. The SMILES string of the molecule is CC(C)NC(=O)N1CCN(C(=O)CCN2CCOCC2)CC1. The van der Waals surface area contributed by atoms with Crippen LogP contribution in [0.4, 0.5) is 4.79 Å². The van der Waals surface area contributed by atoms with Gasteiger partial charge in [-0.2, -0.15) is 0 Å². The molecular weight excluding hydrogens is 284 g/mol. The van der Waals surface area contributed by atoms with Crippen molar-refractivity contribution in [2.75, 3.05) is 59.0 Å². The number of amides is 3. The van der Waals surface area contributed by atoms with Crippen molar-refractivity contribution in [3.63, 3.8) is 0 Å². The molecule has 0 spiro atoms. The number of urea groups is 1. The number of nitrogens with one attached hydrogen (secondary N) is 1. The van der Waals surface area contributed by atoms with Gasteiger partial charge >= 0.3 is 6.03 Å². The van der Waals surface area contributed by atoms with E-state index in [1.54, 1.807) is 4.90 Å². The monoisotopic (exact) mass is 312 g/mol. The van der Waals surface area contributed by atoms with Crippen molar-refractivity contribution in [3.8, 4) is 0 Å². The van der Waals surface area contributed by atoms with Crippen molar-refractivity contribution in [2.24, 2.45) is 0 Å². The fourth-order valence-electron chi connectivity index (χ4n) is 2.73. The summed E-state index contributed by atoms with van der Waals surface area (Å²) in [6.45, 7) is 10.5. The number of hydrogen-bond acceptors (Lipinski definition) is 4. The zero-order chi connectivity index (χ0) is 15.9. The summed E-state index contributed by atoms with van der Waals surface area (Å²) in [7, 11) is 0. The molecule has 0 aromatic carbocycles. The summed E-state index contributed by atoms with van der Waals surface area (Å²) in [5, 5.41) is 2.89. The summed E-state index contributed by atoms with van der Waals surface area (Å²) in [5.74, 6) is 0.190. The Bertz CT molecular complexity index is 375. The quantitative estimate of drug-likeness (QED) is 0.792. The van der Waals surface area contributed by atoms with Gasteiger partial charge < -0.3 is 19.9 Å². The molecule has 0 aromatic rings. The maximum absolute atomic E-state index is 12.2. The molecule has 0 unspecified atom stereocenters. The first kappa shape index (κ1) is 17.0. The highest BCUT2D eigenvalue weighted by atomic mass is 16.5. The van der Waals surface area contributed by atoms with Gasteiger partial charge in [0.1, 0.15) is 0 Å². The van der Waals surface area contributed by atoms with Crippen molar-refractivity contribution in [2.45, 2.75) is 26.3 Å². The highest BCUT2D eigenvalue weighted by Crippen LogP contribution is 2.06. The Morgan fingerprint density at radius 3 is 2.18 bits per heavy atom. The van der Waals surface area contributed by atoms with E-state index in [1.165, 1.54) is 0 Å². The Kier molecular flexibility index (Phi) is 6.45. The molecule has 0 aromatic heterocycles. The highest BCUT2D eigenvalue weighted by Gasteiger charge is 2.24. The van der Waals surface area contributed by atoms with Crippen LogP contribution in [0.5, 0.6) is 0 Å². The largest absolute Gasteiger partial charge is 0.379 e. The molecule has 2 fully saturated rings. The summed E-state index contributed by atoms with van der Waals surface area (Å²) < 4.78 is 5.30. The van der Waals surface area contributed by atoms with Gasteiger partial charge in [0.25, 0.3) is 0 Å². The molecule has 2 aliphatic rings. The predicted molar refractivity (Wildman–Crippen MR) is 83.7 cm³/mol. The summed E-state index contributed by atoms with van der Waals surface area (Å²) in [6.07, 6.45) is 0.554. The third-order valence-corrected chi connectivity index (χ3v) is 4.08. The lowest BCUT2D eigenvalue weighted by Gasteiger charge is -2.35. The number of carbonyl (C=O) groups is 2.